The van der Waals surface area contributed by atoms with Gasteiger partial charge < -0.3 is 0 Å². The van der Waals surface area contributed by atoms with Crippen molar-refractivity contribution in [3.8, 4) is 0 Å². The van der Waals surface area contributed by atoms with E-state index < -0.39 is 41.8 Å². The first-order chi connectivity index (χ1) is 9.50. The van der Waals surface area contributed by atoms with Crippen LogP contribution < -0.4 is 5.73 Å². The van der Waals surface area contributed by atoms with Gasteiger partial charge in [-0.05, 0) is 0 Å². The van der Waals surface area contributed by atoms with Crippen molar-refractivity contribution in [3.63, 3.8) is 0 Å². The summed E-state index contributed by atoms with van der Waals surface area (Å²) in [6.07, 6.45) is -15.7. The Morgan fingerprint density at radius 1 is 0.391 bits per heavy atom. The SMILES string of the molecule is NC(F)(F)C(F)(F)C(F)(C(F)(F)C(F)(F)F)C(F)(F)C(F)(F)F. The van der Waals surface area contributed by atoms with Gasteiger partial charge in [0.2, 0.25) is 0 Å². The molecule has 0 saturated heterocycles. The third kappa shape index (κ3) is 2.67. The standard InChI is InChI=1S/C7H2F15N/c8-1(2(9,10)5(15,16)17,3(11,12)6(18,19)20)4(13,14)7(21,22)23/h23H2. The van der Waals surface area contributed by atoms with E-state index in [9.17, 15) is 65.9 Å². The van der Waals surface area contributed by atoms with Gasteiger partial charge in [-0.1, -0.05) is 0 Å². The lowest BCUT2D eigenvalue weighted by molar-refractivity contribution is -0.458. The molecule has 0 aromatic heterocycles. The molecule has 0 aliphatic heterocycles. The molecular weight excluding hydrogens is 383 g/mol. The average Bonchev–Trinajstić information content (AvgIpc) is 2.22. The summed E-state index contributed by atoms with van der Waals surface area (Å²) in [4.78, 5) is 0. The van der Waals surface area contributed by atoms with Crippen molar-refractivity contribution in [2.45, 2.75) is 41.8 Å². The summed E-state index contributed by atoms with van der Waals surface area (Å²) in [6, 6.07) is -6.94. The Bertz CT molecular complexity index is 372. The van der Waals surface area contributed by atoms with Crippen LogP contribution in [0.2, 0.25) is 0 Å². The van der Waals surface area contributed by atoms with Gasteiger partial charge >= 0.3 is 41.8 Å². The second-order valence-electron chi connectivity index (χ2n) is 4.00. The van der Waals surface area contributed by atoms with Crippen molar-refractivity contribution >= 4 is 0 Å². The first-order valence-electron chi connectivity index (χ1n) is 4.62. The van der Waals surface area contributed by atoms with Crippen molar-refractivity contribution in [1.82, 2.24) is 0 Å². The van der Waals surface area contributed by atoms with E-state index in [2.05, 4.69) is 5.73 Å². The highest BCUT2D eigenvalue weighted by atomic mass is 19.4. The lowest BCUT2D eigenvalue weighted by Gasteiger charge is -2.44. The molecule has 0 unspecified atom stereocenters. The maximum absolute atomic E-state index is 13.4. The molecule has 0 spiro atoms. The summed E-state index contributed by atoms with van der Waals surface area (Å²) in [7, 11) is 0. The van der Waals surface area contributed by atoms with Gasteiger partial charge in [0, 0.05) is 0 Å². The molecule has 0 aliphatic rings. The van der Waals surface area contributed by atoms with E-state index in [1.54, 1.807) is 0 Å². The van der Waals surface area contributed by atoms with Crippen LogP contribution in [-0.4, -0.2) is 41.8 Å². The molecule has 0 saturated carbocycles. The molecule has 2 N–H and O–H groups in total. The zero-order valence-corrected chi connectivity index (χ0v) is 9.75. The van der Waals surface area contributed by atoms with E-state index in [0.717, 1.165) is 0 Å². The maximum Gasteiger partial charge on any atom is 0.457 e. The normalized spacial score (nSPS) is 16.7. The van der Waals surface area contributed by atoms with Crippen LogP contribution in [0.3, 0.4) is 0 Å². The van der Waals surface area contributed by atoms with Gasteiger partial charge in [0.15, 0.2) is 0 Å². The van der Waals surface area contributed by atoms with E-state index in [4.69, 9.17) is 0 Å². The van der Waals surface area contributed by atoms with E-state index in [-0.39, 0.29) is 0 Å². The fourth-order valence-corrected chi connectivity index (χ4v) is 1.21. The summed E-state index contributed by atoms with van der Waals surface area (Å²) in [5.74, 6) is -24.5. The smallest absolute Gasteiger partial charge is 0.267 e. The molecule has 140 valence electrons. The number of rotatable bonds is 4. The molecule has 1 nitrogen and oxygen atoms in total. The molecular formula is C7H2F15N. The summed E-state index contributed by atoms with van der Waals surface area (Å²) in [5, 5.41) is 0. The Labute approximate surface area is 115 Å². The number of alkyl halides is 15. The van der Waals surface area contributed by atoms with E-state index in [1.807, 2.05) is 0 Å². The summed E-state index contributed by atoms with van der Waals surface area (Å²) >= 11 is 0. The zero-order valence-electron chi connectivity index (χ0n) is 9.75. The Morgan fingerprint density at radius 2 is 0.609 bits per heavy atom. The quantitative estimate of drug-likeness (QED) is 0.568. The maximum atomic E-state index is 13.4. The van der Waals surface area contributed by atoms with Crippen LogP contribution in [0.25, 0.3) is 0 Å². The number of hydrogen-bond acceptors (Lipinski definition) is 1. The topological polar surface area (TPSA) is 26.0 Å². The Hall–Kier alpha value is -1.09. The van der Waals surface area contributed by atoms with Crippen LogP contribution >= 0.6 is 0 Å². The first-order valence-corrected chi connectivity index (χ1v) is 4.62. The molecule has 16 heteroatoms. The third-order valence-electron chi connectivity index (χ3n) is 2.43. The van der Waals surface area contributed by atoms with Crippen LogP contribution in [0.15, 0.2) is 0 Å². The molecule has 0 rings (SSSR count). The van der Waals surface area contributed by atoms with Gasteiger partial charge in [0.25, 0.3) is 0 Å². The zero-order chi connectivity index (χ0) is 19.5. The molecule has 0 atom stereocenters. The highest BCUT2D eigenvalue weighted by molar-refractivity contribution is 5.19. The Kier molecular flexibility index (Phi) is 4.72. The average molecular weight is 385 g/mol. The summed E-state index contributed by atoms with van der Waals surface area (Å²) in [6.45, 7) is 0. The molecule has 0 heterocycles. The monoisotopic (exact) mass is 385 g/mol. The van der Waals surface area contributed by atoms with Crippen molar-refractivity contribution in [2.24, 2.45) is 5.73 Å². The van der Waals surface area contributed by atoms with Crippen LogP contribution in [-0.2, 0) is 0 Å². The molecule has 23 heavy (non-hydrogen) atoms. The van der Waals surface area contributed by atoms with Crippen LogP contribution in [0.5, 0.6) is 0 Å². The van der Waals surface area contributed by atoms with Crippen LogP contribution in [0.1, 0.15) is 0 Å². The molecule has 0 aliphatic carbocycles. The third-order valence-corrected chi connectivity index (χ3v) is 2.43. The number of halogens is 15. The van der Waals surface area contributed by atoms with Gasteiger partial charge in [-0.3, -0.25) is 5.73 Å². The lowest BCUT2D eigenvalue weighted by atomic mass is 9.81. The summed E-state index contributed by atoms with van der Waals surface area (Å²) in [5.41, 5.74) is -5.43. The van der Waals surface area contributed by atoms with Crippen molar-refractivity contribution in [3.05, 3.63) is 0 Å². The van der Waals surface area contributed by atoms with Gasteiger partial charge in [0.05, 0.1) is 0 Å². The Morgan fingerprint density at radius 3 is 0.739 bits per heavy atom. The van der Waals surface area contributed by atoms with Crippen molar-refractivity contribution < 1.29 is 65.9 Å². The van der Waals surface area contributed by atoms with E-state index in [0.29, 0.717) is 0 Å². The van der Waals surface area contributed by atoms with E-state index >= 15 is 0 Å². The second-order valence-corrected chi connectivity index (χ2v) is 4.00. The minimum atomic E-state index is -8.48. The fraction of sp³-hybridized carbons (Fsp3) is 1.00. The lowest BCUT2D eigenvalue weighted by Crippen LogP contribution is -2.79. The highest BCUT2D eigenvalue weighted by Crippen LogP contribution is 2.64. The predicted octanol–water partition coefficient (Wildman–Crippen LogP) is 4.28. The molecule has 0 radical (unpaired) electrons. The first kappa shape index (κ1) is 21.9. The molecule has 0 amide bonds. The predicted molar refractivity (Wildman–Crippen MR) is 39.9 cm³/mol. The Balaban J connectivity index is 6.97. The second kappa shape index (κ2) is 4.95. The van der Waals surface area contributed by atoms with Crippen molar-refractivity contribution in [2.75, 3.05) is 0 Å². The van der Waals surface area contributed by atoms with Crippen molar-refractivity contribution in [1.29, 1.82) is 0 Å². The summed E-state index contributed by atoms with van der Waals surface area (Å²) < 4.78 is 185. The number of nitrogens with two attached hydrogens (primary N) is 1. The fourth-order valence-electron chi connectivity index (χ4n) is 1.21. The highest BCUT2D eigenvalue weighted by Gasteiger charge is 2.96. The van der Waals surface area contributed by atoms with Gasteiger partial charge in [0.1, 0.15) is 0 Å². The number of hydrogen-bond donors (Lipinski definition) is 1. The van der Waals surface area contributed by atoms with Gasteiger partial charge in [-0.25, -0.2) is 4.39 Å². The minimum Gasteiger partial charge on any atom is -0.267 e. The molecule has 0 aromatic rings. The molecule has 0 bridgehead atoms. The molecule has 0 fully saturated rings. The largest absolute Gasteiger partial charge is 0.457 e. The van der Waals surface area contributed by atoms with Gasteiger partial charge in [-0.15, -0.1) is 0 Å². The van der Waals surface area contributed by atoms with E-state index in [1.165, 1.54) is 0 Å². The minimum absolute atomic E-state index is 3.05. The van der Waals surface area contributed by atoms with Crippen LogP contribution in [0.4, 0.5) is 65.9 Å². The van der Waals surface area contributed by atoms with Gasteiger partial charge in [-0.2, -0.15) is 61.5 Å². The molecule has 0 aromatic carbocycles. The van der Waals surface area contributed by atoms with Crippen LogP contribution in [0, 0.1) is 0 Å².